The lowest BCUT2D eigenvalue weighted by atomic mass is 10.1. The van der Waals surface area contributed by atoms with E-state index < -0.39 is 0 Å². The van der Waals surface area contributed by atoms with Crippen molar-refractivity contribution in [3.05, 3.63) is 30.1 Å². The quantitative estimate of drug-likeness (QED) is 0.729. The molecule has 1 aromatic heterocycles. The SMILES string of the molecule is CN1C(=O)CCNCC1c1cccnc1. The van der Waals surface area contributed by atoms with E-state index in [0.29, 0.717) is 6.42 Å². The van der Waals surface area contributed by atoms with Crippen molar-refractivity contribution in [1.82, 2.24) is 15.2 Å². The molecule has 1 aromatic rings. The fraction of sp³-hybridized carbons (Fsp3) is 0.455. The van der Waals surface area contributed by atoms with Crippen molar-refractivity contribution in [3.8, 4) is 0 Å². The number of hydrogen-bond donors (Lipinski definition) is 1. The van der Waals surface area contributed by atoms with Gasteiger partial charge in [0.2, 0.25) is 5.91 Å². The highest BCUT2D eigenvalue weighted by Gasteiger charge is 2.23. The summed E-state index contributed by atoms with van der Waals surface area (Å²) >= 11 is 0. The summed E-state index contributed by atoms with van der Waals surface area (Å²) in [5, 5.41) is 3.27. The number of rotatable bonds is 1. The van der Waals surface area contributed by atoms with Gasteiger partial charge in [-0.25, -0.2) is 0 Å². The van der Waals surface area contributed by atoms with Crippen LogP contribution in [-0.2, 0) is 4.79 Å². The van der Waals surface area contributed by atoms with Crippen molar-refractivity contribution in [2.24, 2.45) is 0 Å². The first kappa shape index (κ1) is 10.1. The van der Waals surface area contributed by atoms with Gasteiger partial charge >= 0.3 is 0 Å². The fourth-order valence-electron chi connectivity index (χ4n) is 1.84. The number of amides is 1. The van der Waals surface area contributed by atoms with Crippen molar-refractivity contribution in [3.63, 3.8) is 0 Å². The summed E-state index contributed by atoms with van der Waals surface area (Å²) in [5.74, 6) is 0.189. The Morgan fingerprint density at radius 2 is 2.47 bits per heavy atom. The van der Waals surface area contributed by atoms with Crippen LogP contribution in [0.1, 0.15) is 18.0 Å². The van der Waals surface area contributed by atoms with E-state index in [9.17, 15) is 4.79 Å². The number of likely N-dealkylation sites (N-methyl/N-ethyl adjacent to an activating group) is 1. The second-order valence-corrected chi connectivity index (χ2v) is 3.76. The molecule has 1 aliphatic heterocycles. The van der Waals surface area contributed by atoms with Crippen molar-refractivity contribution in [2.45, 2.75) is 12.5 Å². The fourth-order valence-corrected chi connectivity index (χ4v) is 1.84. The minimum absolute atomic E-state index is 0.105. The smallest absolute Gasteiger partial charge is 0.224 e. The minimum Gasteiger partial charge on any atom is -0.337 e. The Bertz CT molecular complexity index is 339. The van der Waals surface area contributed by atoms with Crippen LogP contribution in [0, 0.1) is 0 Å². The van der Waals surface area contributed by atoms with E-state index in [0.717, 1.165) is 18.7 Å². The Labute approximate surface area is 89.3 Å². The molecule has 1 aliphatic rings. The van der Waals surface area contributed by atoms with Crippen LogP contribution in [0.3, 0.4) is 0 Å². The Morgan fingerprint density at radius 1 is 1.60 bits per heavy atom. The van der Waals surface area contributed by atoms with Crippen molar-refractivity contribution in [1.29, 1.82) is 0 Å². The number of nitrogens with one attached hydrogen (secondary N) is 1. The highest BCUT2D eigenvalue weighted by Crippen LogP contribution is 2.19. The minimum atomic E-state index is 0.105. The number of pyridine rings is 1. The van der Waals surface area contributed by atoms with Crippen molar-refractivity contribution < 1.29 is 4.79 Å². The topological polar surface area (TPSA) is 45.2 Å². The van der Waals surface area contributed by atoms with Gasteiger partial charge in [-0.05, 0) is 11.6 Å². The van der Waals surface area contributed by atoms with Gasteiger partial charge in [0.05, 0.1) is 6.04 Å². The van der Waals surface area contributed by atoms with Gasteiger partial charge in [-0.1, -0.05) is 6.07 Å². The van der Waals surface area contributed by atoms with Crippen LogP contribution in [0.15, 0.2) is 24.5 Å². The molecule has 0 aromatic carbocycles. The largest absolute Gasteiger partial charge is 0.337 e. The molecule has 1 unspecified atom stereocenters. The predicted octanol–water partition coefficient (Wildman–Crippen LogP) is 0.574. The van der Waals surface area contributed by atoms with Crippen LogP contribution in [0.25, 0.3) is 0 Å². The summed E-state index contributed by atoms with van der Waals surface area (Å²) in [6.07, 6.45) is 4.14. The summed E-state index contributed by atoms with van der Waals surface area (Å²) in [6, 6.07) is 4.01. The van der Waals surface area contributed by atoms with Gasteiger partial charge in [0.25, 0.3) is 0 Å². The van der Waals surface area contributed by atoms with Gasteiger partial charge in [-0.15, -0.1) is 0 Å². The Hall–Kier alpha value is -1.42. The molecule has 80 valence electrons. The van der Waals surface area contributed by atoms with E-state index in [4.69, 9.17) is 0 Å². The monoisotopic (exact) mass is 205 g/mol. The average Bonchev–Trinajstić information content (AvgIpc) is 2.44. The molecule has 1 N–H and O–H groups in total. The Balaban J connectivity index is 2.23. The zero-order valence-corrected chi connectivity index (χ0v) is 8.81. The number of carbonyl (C=O) groups is 1. The summed E-state index contributed by atoms with van der Waals surface area (Å²) in [7, 11) is 1.85. The van der Waals surface area contributed by atoms with Gasteiger partial charge in [0.15, 0.2) is 0 Å². The average molecular weight is 205 g/mol. The summed E-state index contributed by atoms with van der Waals surface area (Å²) in [5.41, 5.74) is 1.09. The zero-order valence-electron chi connectivity index (χ0n) is 8.81. The maximum atomic E-state index is 11.7. The Morgan fingerprint density at radius 3 is 3.20 bits per heavy atom. The van der Waals surface area contributed by atoms with E-state index in [1.165, 1.54) is 0 Å². The molecule has 0 radical (unpaired) electrons. The van der Waals surface area contributed by atoms with Crippen LogP contribution < -0.4 is 5.32 Å². The molecule has 15 heavy (non-hydrogen) atoms. The van der Waals surface area contributed by atoms with Crippen molar-refractivity contribution in [2.75, 3.05) is 20.1 Å². The second kappa shape index (κ2) is 4.40. The third-order valence-corrected chi connectivity index (χ3v) is 2.78. The second-order valence-electron chi connectivity index (χ2n) is 3.76. The standard InChI is InChI=1S/C11H15N3O/c1-14-10(8-13-6-4-11(14)15)9-3-2-5-12-7-9/h2-3,5,7,10,13H,4,6,8H2,1H3. The summed E-state index contributed by atoms with van der Waals surface area (Å²) in [4.78, 5) is 17.6. The summed E-state index contributed by atoms with van der Waals surface area (Å²) in [6.45, 7) is 1.56. The molecule has 0 spiro atoms. The van der Waals surface area contributed by atoms with E-state index in [-0.39, 0.29) is 11.9 Å². The molecular formula is C11H15N3O. The van der Waals surface area contributed by atoms with E-state index in [1.54, 1.807) is 11.1 Å². The molecule has 4 heteroatoms. The van der Waals surface area contributed by atoms with Gasteiger partial charge < -0.3 is 10.2 Å². The molecule has 0 bridgehead atoms. The third kappa shape index (κ3) is 2.15. The van der Waals surface area contributed by atoms with E-state index in [1.807, 2.05) is 25.4 Å². The van der Waals surface area contributed by atoms with Crippen LogP contribution >= 0.6 is 0 Å². The van der Waals surface area contributed by atoms with Crippen molar-refractivity contribution >= 4 is 5.91 Å². The first-order chi connectivity index (χ1) is 7.29. The molecular weight excluding hydrogens is 190 g/mol. The highest BCUT2D eigenvalue weighted by molar-refractivity contribution is 5.76. The first-order valence-corrected chi connectivity index (χ1v) is 5.15. The third-order valence-electron chi connectivity index (χ3n) is 2.78. The lowest BCUT2D eigenvalue weighted by Gasteiger charge is -2.25. The Kier molecular flexibility index (Phi) is 2.97. The number of nitrogens with zero attached hydrogens (tertiary/aromatic N) is 2. The maximum absolute atomic E-state index is 11.7. The summed E-state index contributed by atoms with van der Waals surface area (Å²) < 4.78 is 0. The van der Waals surface area contributed by atoms with Gasteiger partial charge in [0, 0.05) is 39.0 Å². The van der Waals surface area contributed by atoms with Crippen LogP contribution in [0.4, 0.5) is 0 Å². The molecule has 2 rings (SSSR count). The zero-order chi connectivity index (χ0) is 10.7. The predicted molar refractivity (Wildman–Crippen MR) is 57.2 cm³/mol. The molecule has 0 aliphatic carbocycles. The number of aromatic nitrogens is 1. The first-order valence-electron chi connectivity index (χ1n) is 5.15. The molecule has 1 amide bonds. The van der Waals surface area contributed by atoms with Gasteiger partial charge in [-0.3, -0.25) is 9.78 Å². The normalized spacial score (nSPS) is 22.6. The number of hydrogen-bond acceptors (Lipinski definition) is 3. The van der Waals surface area contributed by atoms with Crippen LogP contribution in [-0.4, -0.2) is 35.9 Å². The highest BCUT2D eigenvalue weighted by atomic mass is 16.2. The lowest BCUT2D eigenvalue weighted by Crippen LogP contribution is -2.32. The van der Waals surface area contributed by atoms with E-state index in [2.05, 4.69) is 10.3 Å². The number of carbonyl (C=O) groups excluding carboxylic acids is 1. The van der Waals surface area contributed by atoms with Crippen LogP contribution in [0.2, 0.25) is 0 Å². The molecule has 1 saturated heterocycles. The van der Waals surface area contributed by atoms with Gasteiger partial charge in [0.1, 0.15) is 0 Å². The molecule has 4 nitrogen and oxygen atoms in total. The molecule has 1 atom stereocenters. The molecule has 1 fully saturated rings. The van der Waals surface area contributed by atoms with Gasteiger partial charge in [-0.2, -0.15) is 0 Å². The van der Waals surface area contributed by atoms with Crippen LogP contribution in [0.5, 0.6) is 0 Å². The molecule has 0 saturated carbocycles. The molecule has 2 heterocycles. The lowest BCUT2D eigenvalue weighted by molar-refractivity contribution is -0.131. The maximum Gasteiger partial charge on any atom is 0.224 e. The van der Waals surface area contributed by atoms with E-state index >= 15 is 0 Å².